The van der Waals surface area contributed by atoms with Gasteiger partial charge in [0.15, 0.2) is 0 Å². The molecule has 1 amide bonds. The molecule has 0 radical (unpaired) electrons. The first-order valence-electron chi connectivity index (χ1n) is 7.68. The number of piperidine rings is 1. The first kappa shape index (κ1) is 16.4. The molecule has 1 fully saturated rings. The molecular formula is C15H26N4OS. The lowest BCUT2D eigenvalue weighted by molar-refractivity contribution is -0.126. The zero-order chi connectivity index (χ0) is 15.4. The van der Waals surface area contributed by atoms with E-state index in [2.05, 4.69) is 29.0 Å². The van der Waals surface area contributed by atoms with E-state index in [9.17, 15) is 4.79 Å². The average Bonchev–Trinajstić information content (AvgIpc) is 2.82. The first-order valence-corrected chi connectivity index (χ1v) is 8.50. The summed E-state index contributed by atoms with van der Waals surface area (Å²) in [6.45, 7) is 9.29. The maximum atomic E-state index is 12.1. The minimum Gasteiger partial charge on any atom is -0.355 e. The summed E-state index contributed by atoms with van der Waals surface area (Å²) >= 11 is 1.77. The first-order chi connectivity index (χ1) is 10.0. The molecule has 118 valence electrons. The Bertz CT molecular complexity index is 488. The predicted molar refractivity (Wildman–Crippen MR) is 86.4 cm³/mol. The number of thiazole rings is 1. The molecule has 0 spiro atoms. The highest BCUT2D eigenvalue weighted by molar-refractivity contribution is 7.11. The van der Waals surface area contributed by atoms with Gasteiger partial charge in [-0.2, -0.15) is 0 Å². The molecular weight excluding hydrogens is 284 g/mol. The highest BCUT2D eigenvalue weighted by Crippen LogP contribution is 2.32. The molecule has 1 saturated heterocycles. The lowest BCUT2D eigenvalue weighted by Crippen LogP contribution is -2.44. The number of aromatic nitrogens is 1. The van der Waals surface area contributed by atoms with E-state index in [-0.39, 0.29) is 11.8 Å². The Balaban J connectivity index is 2.00. The zero-order valence-electron chi connectivity index (χ0n) is 13.2. The van der Waals surface area contributed by atoms with Gasteiger partial charge in [-0.1, -0.05) is 0 Å². The molecule has 5 nitrogen and oxygen atoms in total. The maximum Gasteiger partial charge on any atom is 0.224 e. The van der Waals surface area contributed by atoms with Crippen molar-refractivity contribution >= 4 is 17.2 Å². The number of carbonyl (C=O) groups excluding carboxylic acids is 1. The van der Waals surface area contributed by atoms with Crippen LogP contribution in [0, 0.1) is 19.8 Å². The van der Waals surface area contributed by atoms with E-state index >= 15 is 0 Å². The van der Waals surface area contributed by atoms with Crippen molar-refractivity contribution in [2.24, 2.45) is 11.7 Å². The topological polar surface area (TPSA) is 71.2 Å². The lowest BCUT2D eigenvalue weighted by Gasteiger charge is -2.36. The fraction of sp³-hybridized carbons (Fsp3) is 0.733. The number of aryl methyl sites for hydroxylation is 2. The molecule has 6 heteroatoms. The van der Waals surface area contributed by atoms with Gasteiger partial charge in [-0.3, -0.25) is 9.69 Å². The second-order valence-electron chi connectivity index (χ2n) is 5.77. The predicted octanol–water partition coefficient (Wildman–Crippen LogP) is 1.61. The summed E-state index contributed by atoms with van der Waals surface area (Å²) < 4.78 is 0. The summed E-state index contributed by atoms with van der Waals surface area (Å²) in [5.41, 5.74) is 6.57. The summed E-state index contributed by atoms with van der Waals surface area (Å²) in [7, 11) is 0. The number of hydrogen-bond acceptors (Lipinski definition) is 5. The van der Waals surface area contributed by atoms with E-state index < -0.39 is 0 Å². The molecule has 1 aromatic rings. The molecule has 1 aliphatic heterocycles. The van der Waals surface area contributed by atoms with E-state index in [1.807, 2.05) is 6.92 Å². The van der Waals surface area contributed by atoms with E-state index in [0.29, 0.717) is 19.1 Å². The minimum atomic E-state index is 0.0853. The van der Waals surface area contributed by atoms with Gasteiger partial charge in [0.2, 0.25) is 5.91 Å². The van der Waals surface area contributed by atoms with Crippen molar-refractivity contribution in [3.8, 4) is 0 Å². The Labute approximate surface area is 130 Å². The molecule has 0 saturated carbocycles. The fourth-order valence-electron chi connectivity index (χ4n) is 3.01. The summed E-state index contributed by atoms with van der Waals surface area (Å²) in [4.78, 5) is 20.4. The van der Waals surface area contributed by atoms with Crippen molar-refractivity contribution in [1.82, 2.24) is 15.2 Å². The second-order valence-corrected chi connectivity index (χ2v) is 7.01. The number of nitrogens with one attached hydrogen (secondary N) is 1. The van der Waals surface area contributed by atoms with Gasteiger partial charge in [0, 0.05) is 30.6 Å². The fourth-order valence-corrected chi connectivity index (χ4v) is 4.03. The largest absolute Gasteiger partial charge is 0.355 e. The number of carbonyl (C=O) groups is 1. The minimum absolute atomic E-state index is 0.0853. The van der Waals surface area contributed by atoms with Gasteiger partial charge >= 0.3 is 0 Å². The van der Waals surface area contributed by atoms with Crippen LogP contribution in [0.25, 0.3) is 0 Å². The van der Waals surface area contributed by atoms with Crippen molar-refractivity contribution in [3.63, 3.8) is 0 Å². The van der Waals surface area contributed by atoms with Gasteiger partial charge in [-0.05, 0) is 40.2 Å². The zero-order valence-corrected chi connectivity index (χ0v) is 14.0. The SMILES string of the molecule is Cc1nc(C)c(C(C)N2CCCC(C(=O)NCCN)C2)s1. The standard InChI is InChI=1S/C15H26N4OS/c1-10-14(21-12(3)18-10)11(2)19-8-4-5-13(9-19)15(20)17-7-6-16/h11,13H,4-9,16H2,1-3H3,(H,17,20). The van der Waals surface area contributed by atoms with E-state index in [0.717, 1.165) is 36.6 Å². The van der Waals surface area contributed by atoms with Crippen LogP contribution in [0.15, 0.2) is 0 Å². The molecule has 1 aliphatic rings. The van der Waals surface area contributed by atoms with Crippen LogP contribution >= 0.6 is 11.3 Å². The summed E-state index contributed by atoms with van der Waals surface area (Å²) in [5, 5.41) is 4.03. The smallest absolute Gasteiger partial charge is 0.224 e. The highest BCUT2D eigenvalue weighted by Gasteiger charge is 2.29. The normalized spacial score (nSPS) is 21.2. The van der Waals surface area contributed by atoms with Crippen molar-refractivity contribution < 1.29 is 4.79 Å². The second kappa shape index (κ2) is 7.33. The van der Waals surface area contributed by atoms with E-state index in [1.54, 1.807) is 11.3 Å². The number of nitrogens with zero attached hydrogens (tertiary/aromatic N) is 2. The Kier molecular flexibility index (Phi) is 5.72. The molecule has 21 heavy (non-hydrogen) atoms. The van der Waals surface area contributed by atoms with Crippen molar-refractivity contribution in [2.45, 2.75) is 39.7 Å². The van der Waals surface area contributed by atoms with Crippen LogP contribution in [-0.2, 0) is 4.79 Å². The lowest BCUT2D eigenvalue weighted by atomic mass is 9.95. The van der Waals surface area contributed by atoms with E-state index in [4.69, 9.17) is 5.73 Å². The van der Waals surface area contributed by atoms with Gasteiger partial charge in [-0.15, -0.1) is 11.3 Å². The molecule has 1 aromatic heterocycles. The number of likely N-dealkylation sites (tertiary alicyclic amines) is 1. The van der Waals surface area contributed by atoms with Crippen LogP contribution in [0.5, 0.6) is 0 Å². The van der Waals surface area contributed by atoms with E-state index in [1.165, 1.54) is 4.88 Å². The molecule has 0 aliphatic carbocycles. The van der Waals surface area contributed by atoms with Crippen molar-refractivity contribution in [2.75, 3.05) is 26.2 Å². The Morgan fingerprint density at radius 2 is 2.33 bits per heavy atom. The maximum absolute atomic E-state index is 12.1. The number of amides is 1. The molecule has 2 unspecified atom stereocenters. The van der Waals surface area contributed by atoms with Gasteiger partial charge in [-0.25, -0.2) is 4.98 Å². The quantitative estimate of drug-likeness (QED) is 0.867. The van der Waals surface area contributed by atoms with Gasteiger partial charge in [0.25, 0.3) is 0 Å². The molecule has 3 N–H and O–H groups in total. The van der Waals surface area contributed by atoms with Gasteiger partial charge in [0.1, 0.15) is 0 Å². The summed E-state index contributed by atoms with van der Waals surface area (Å²) in [6.07, 6.45) is 2.04. The van der Waals surface area contributed by atoms with Crippen LogP contribution in [0.1, 0.15) is 41.4 Å². The number of hydrogen-bond donors (Lipinski definition) is 2. The van der Waals surface area contributed by atoms with Crippen LogP contribution < -0.4 is 11.1 Å². The molecule has 2 heterocycles. The Morgan fingerprint density at radius 1 is 1.57 bits per heavy atom. The molecule has 2 atom stereocenters. The molecule has 0 bridgehead atoms. The van der Waals surface area contributed by atoms with Crippen LogP contribution in [0.3, 0.4) is 0 Å². The van der Waals surface area contributed by atoms with Crippen molar-refractivity contribution in [3.05, 3.63) is 15.6 Å². The highest BCUT2D eigenvalue weighted by atomic mass is 32.1. The van der Waals surface area contributed by atoms with Crippen LogP contribution in [0.2, 0.25) is 0 Å². The number of rotatable bonds is 5. The third kappa shape index (κ3) is 4.02. The summed E-state index contributed by atoms with van der Waals surface area (Å²) in [6, 6.07) is 0.335. The summed E-state index contributed by atoms with van der Waals surface area (Å²) in [5.74, 6) is 0.233. The van der Waals surface area contributed by atoms with Crippen LogP contribution in [0.4, 0.5) is 0 Å². The molecule has 0 aromatic carbocycles. The average molecular weight is 310 g/mol. The third-order valence-electron chi connectivity index (χ3n) is 4.13. The number of nitrogens with two attached hydrogens (primary N) is 1. The molecule has 2 rings (SSSR count). The Hall–Kier alpha value is -0.980. The van der Waals surface area contributed by atoms with Crippen LogP contribution in [-0.4, -0.2) is 42.0 Å². The Morgan fingerprint density at radius 3 is 2.95 bits per heavy atom. The third-order valence-corrected chi connectivity index (χ3v) is 5.38. The van der Waals surface area contributed by atoms with Gasteiger partial charge < -0.3 is 11.1 Å². The van der Waals surface area contributed by atoms with Gasteiger partial charge in [0.05, 0.1) is 16.6 Å². The van der Waals surface area contributed by atoms with Crippen molar-refractivity contribution in [1.29, 1.82) is 0 Å². The monoisotopic (exact) mass is 310 g/mol.